The molecule has 2 aromatic heterocycles. The van der Waals surface area contributed by atoms with E-state index in [9.17, 15) is 0 Å². The summed E-state index contributed by atoms with van der Waals surface area (Å²) >= 11 is 9.18. The SMILES string of the molecule is C[C@@H]1CN(Cn2nc(-c3ccc(Br)o3)n(Cc3ccccc3)c2=S)C[C@H](C)O1. The van der Waals surface area contributed by atoms with E-state index < -0.39 is 0 Å². The van der Waals surface area contributed by atoms with E-state index in [0.29, 0.717) is 28.4 Å². The molecule has 0 amide bonds. The maximum Gasteiger partial charge on any atom is 0.199 e. The first-order valence-electron chi connectivity index (χ1n) is 9.34. The van der Waals surface area contributed by atoms with Gasteiger partial charge in [-0.3, -0.25) is 9.47 Å². The Morgan fingerprint density at radius 1 is 1.11 bits per heavy atom. The predicted octanol–water partition coefficient (Wildman–Crippen LogP) is 4.55. The number of rotatable bonds is 5. The summed E-state index contributed by atoms with van der Waals surface area (Å²) in [4.78, 5) is 2.33. The molecule has 1 aliphatic heterocycles. The lowest BCUT2D eigenvalue weighted by atomic mass is 10.2. The quantitative estimate of drug-likeness (QED) is 0.520. The van der Waals surface area contributed by atoms with Gasteiger partial charge in [0, 0.05) is 13.1 Å². The smallest absolute Gasteiger partial charge is 0.199 e. The van der Waals surface area contributed by atoms with E-state index in [1.807, 2.05) is 39.6 Å². The van der Waals surface area contributed by atoms with Crippen molar-refractivity contribution in [2.24, 2.45) is 0 Å². The average Bonchev–Trinajstić information content (AvgIpc) is 3.20. The van der Waals surface area contributed by atoms with Crippen LogP contribution in [0.15, 0.2) is 51.6 Å². The second-order valence-electron chi connectivity index (χ2n) is 7.22. The number of ether oxygens (including phenoxy) is 1. The fourth-order valence-corrected chi connectivity index (χ4v) is 4.20. The Morgan fingerprint density at radius 2 is 1.82 bits per heavy atom. The molecule has 3 heterocycles. The van der Waals surface area contributed by atoms with Gasteiger partial charge in [0.1, 0.15) is 0 Å². The molecule has 1 fully saturated rings. The summed E-state index contributed by atoms with van der Waals surface area (Å²) < 4.78 is 16.9. The van der Waals surface area contributed by atoms with Gasteiger partial charge in [0.2, 0.25) is 0 Å². The Bertz CT molecular complexity index is 987. The van der Waals surface area contributed by atoms with Gasteiger partial charge in [0.25, 0.3) is 0 Å². The third-order valence-corrected chi connectivity index (χ3v) is 5.59. The first-order valence-corrected chi connectivity index (χ1v) is 10.5. The molecule has 28 heavy (non-hydrogen) atoms. The lowest BCUT2D eigenvalue weighted by Crippen LogP contribution is -2.46. The maximum absolute atomic E-state index is 5.84. The van der Waals surface area contributed by atoms with Gasteiger partial charge in [-0.1, -0.05) is 30.3 Å². The highest BCUT2D eigenvalue weighted by Crippen LogP contribution is 2.25. The van der Waals surface area contributed by atoms with E-state index in [2.05, 4.69) is 46.8 Å². The zero-order chi connectivity index (χ0) is 19.7. The lowest BCUT2D eigenvalue weighted by Gasteiger charge is -2.34. The van der Waals surface area contributed by atoms with Crippen molar-refractivity contribution >= 4 is 28.1 Å². The summed E-state index contributed by atoms with van der Waals surface area (Å²) in [6.45, 7) is 7.19. The third kappa shape index (κ3) is 4.30. The van der Waals surface area contributed by atoms with Crippen molar-refractivity contribution in [2.45, 2.75) is 39.3 Å². The number of aromatic nitrogens is 3. The molecule has 0 N–H and O–H groups in total. The molecule has 4 rings (SSSR count). The number of halogens is 1. The summed E-state index contributed by atoms with van der Waals surface area (Å²) in [7, 11) is 0. The van der Waals surface area contributed by atoms with Crippen molar-refractivity contribution in [2.75, 3.05) is 13.1 Å². The van der Waals surface area contributed by atoms with Crippen LogP contribution in [-0.4, -0.2) is 44.5 Å². The minimum atomic E-state index is 0.199. The molecule has 1 aliphatic rings. The predicted molar refractivity (Wildman–Crippen MR) is 114 cm³/mol. The highest BCUT2D eigenvalue weighted by molar-refractivity contribution is 9.10. The zero-order valence-corrected chi connectivity index (χ0v) is 18.3. The van der Waals surface area contributed by atoms with Gasteiger partial charge in [0.05, 0.1) is 25.4 Å². The van der Waals surface area contributed by atoms with Crippen molar-refractivity contribution in [1.29, 1.82) is 0 Å². The molecule has 2 atom stereocenters. The molecule has 3 aromatic rings. The minimum absolute atomic E-state index is 0.199. The number of hydrogen-bond donors (Lipinski definition) is 0. The molecule has 8 heteroatoms. The maximum atomic E-state index is 5.84. The third-order valence-electron chi connectivity index (χ3n) is 4.73. The Labute approximate surface area is 177 Å². The number of furan rings is 1. The molecule has 148 valence electrons. The van der Waals surface area contributed by atoms with Gasteiger partial charge in [-0.05, 0) is 59.7 Å². The molecule has 0 aliphatic carbocycles. The van der Waals surface area contributed by atoms with Crippen molar-refractivity contribution in [3.05, 3.63) is 57.5 Å². The standard InChI is InChI=1S/C20H23BrN4O2S/c1-14-10-23(11-15(2)26-14)13-25-20(28)24(12-16-6-4-3-5-7-16)19(22-25)17-8-9-18(21)27-17/h3-9,14-15H,10-13H2,1-2H3/t14-,15+. The van der Waals surface area contributed by atoms with Crippen molar-refractivity contribution in [1.82, 2.24) is 19.2 Å². The van der Waals surface area contributed by atoms with E-state index in [0.717, 1.165) is 18.9 Å². The second kappa shape index (κ2) is 8.32. The van der Waals surface area contributed by atoms with Crippen LogP contribution in [0.1, 0.15) is 19.4 Å². The van der Waals surface area contributed by atoms with Gasteiger partial charge in [0.15, 0.2) is 21.0 Å². The molecule has 6 nitrogen and oxygen atoms in total. The minimum Gasteiger partial charge on any atom is -0.446 e. The molecule has 0 unspecified atom stereocenters. The Balaban J connectivity index is 1.68. The van der Waals surface area contributed by atoms with Crippen molar-refractivity contribution < 1.29 is 9.15 Å². The molecule has 1 saturated heterocycles. The summed E-state index contributed by atoms with van der Waals surface area (Å²) in [5, 5.41) is 4.81. The second-order valence-corrected chi connectivity index (χ2v) is 8.36. The van der Waals surface area contributed by atoms with Gasteiger partial charge < -0.3 is 9.15 Å². The van der Waals surface area contributed by atoms with E-state index in [1.165, 1.54) is 5.56 Å². The lowest BCUT2D eigenvalue weighted by molar-refractivity contribution is -0.0777. The molecular formula is C20H23BrN4O2S. The number of morpholine rings is 1. The molecule has 0 radical (unpaired) electrons. The first kappa shape index (κ1) is 19.6. The molecule has 0 saturated carbocycles. The van der Waals surface area contributed by atoms with E-state index in [-0.39, 0.29) is 12.2 Å². The Kier molecular flexibility index (Phi) is 5.82. The van der Waals surface area contributed by atoms with Gasteiger partial charge in [-0.2, -0.15) is 0 Å². The first-order chi connectivity index (χ1) is 13.5. The van der Waals surface area contributed by atoms with E-state index in [1.54, 1.807) is 0 Å². The van der Waals surface area contributed by atoms with Crippen LogP contribution in [0.25, 0.3) is 11.6 Å². The van der Waals surface area contributed by atoms with Crippen LogP contribution >= 0.6 is 28.1 Å². The largest absolute Gasteiger partial charge is 0.446 e. The summed E-state index contributed by atoms with van der Waals surface area (Å²) in [6.07, 6.45) is 0.398. The van der Waals surface area contributed by atoms with Crippen LogP contribution in [0, 0.1) is 4.77 Å². The van der Waals surface area contributed by atoms with Gasteiger partial charge in [-0.25, -0.2) is 4.68 Å². The average molecular weight is 463 g/mol. The van der Waals surface area contributed by atoms with Crippen LogP contribution in [0.5, 0.6) is 0 Å². The number of benzene rings is 1. The fraction of sp³-hybridized carbons (Fsp3) is 0.400. The molecule has 0 spiro atoms. The Morgan fingerprint density at radius 3 is 2.46 bits per heavy atom. The van der Waals surface area contributed by atoms with E-state index in [4.69, 9.17) is 26.5 Å². The highest BCUT2D eigenvalue weighted by atomic mass is 79.9. The molecule has 1 aromatic carbocycles. The summed E-state index contributed by atoms with van der Waals surface area (Å²) in [5.41, 5.74) is 1.17. The monoisotopic (exact) mass is 462 g/mol. The van der Waals surface area contributed by atoms with Crippen LogP contribution < -0.4 is 0 Å². The van der Waals surface area contributed by atoms with Crippen LogP contribution in [0.2, 0.25) is 0 Å². The Hall–Kier alpha value is -1.74. The summed E-state index contributed by atoms with van der Waals surface area (Å²) in [6, 6.07) is 14.0. The van der Waals surface area contributed by atoms with Gasteiger partial charge in [-0.15, -0.1) is 5.10 Å². The zero-order valence-electron chi connectivity index (χ0n) is 15.9. The highest BCUT2D eigenvalue weighted by Gasteiger charge is 2.24. The van der Waals surface area contributed by atoms with Gasteiger partial charge >= 0.3 is 0 Å². The van der Waals surface area contributed by atoms with Crippen molar-refractivity contribution in [3.63, 3.8) is 0 Å². The summed E-state index contributed by atoms with van der Waals surface area (Å²) in [5.74, 6) is 1.42. The van der Waals surface area contributed by atoms with Crippen LogP contribution in [0.3, 0.4) is 0 Å². The van der Waals surface area contributed by atoms with Crippen LogP contribution in [-0.2, 0) is 18.0 Å². The number of hydrogen-bond acceptors (Lipinski definition) is 5. The molecule has 0 bridgehead atoms. The topological polar surface area (TPSA) is 48.4 Å². The van der Waals surface area contributed by atoms with Crippen molar-refractivity contribution in [3.8, 4) is 11.6 Å². The molecular weight excluding hydrogens is 440 g/mol. The van der Waals surface area contributed by atoms with Crippen LogP contribution in [0.4, 0.5) is 0 Å². The van der Waals surface area contributed by atoms with E-state index >= 15 is 0 Å². The fourth-order valence-electron chi connectivity index (χ4n) is 3.65. The number of nitrogens with zero attached hydrogens (tertiary/aromatic N) is 4. The normalized spacial score (nSPS) is 20.5.